The molecule has 0 fully saturated rings. The van der Waals surface area contributed by atoms with Crippen molar-refractivity contribution < 1.29 is 13.4 Å². The molecule has 0 unspecified atom stereocenters. The first-order valence-corrected chi connectivity index (χ1v) is 15.2. The molecule has 0 radical (unpaired) electrons. The molecular weight excluding hydrogens is 528 g/mol. The van der Waals surface area contributed by atoms with Crippen molar-refractivity contribution in [3.05, 3.63) is 108 Å². The van der Waals surface area contributed by atoms with Crippen molar-refractivity contribution in [2.24, 2.45) is 7.05 Å². The zero-order valence-corrected chi connectivity index (χ0v) is 25.5. The van der Waals surface area contributed by atoms with E-state index >= 15 is 0 Å². The second kappa shape index (κ2) is 9.34. The van der Waals surface area contributed by atoms with Crippen LogP contribution in [0.4, 0.5) is 0 Å². The Morgan fingerprint density at radius 3 is 1.98 bits per heavy atom. The second-order valence-electron chi connectivity index (χ2n) is 12.5. The highest BCUT2D eigenvalue weighted by atomic mass is 16.3. The van der Waals surface area contributed by atoms with Crippen molar-refractivity contribution in [1.82, 2.24) is 4.57 Å². The van der Waals surface area contributed by atoms with E-state index in [1.54, 1.807) is 0 Å². The molecule has 4 heteroatoms. The van der Waals surface area contributed by atoms with E-state index in [1.165, 1.54) is 38.7 Å². The monoisotopic (exact) mass is 563 g/mol. The summed E-state index contributed by atoms with van der Waals surface area (Å²) in [6.45, 7) is 11.4. The smallest absolute Gasteiger partial charge is 0.299 e. The number of aryl methyl sites for hydroxylation is 2. The number of hydrogen-bond donors (Lipinski definition) is 0. The first kappa shape index (κ1) is 25.8. The van der Waals surface area contributed by atoms with E-state index in [4.69, 9.17) is 8.83 Å². The number of para-hydroxylation sites is 4. The van der Waals surface area contributed by atoms with Crippen molar-refractivity contribution in [2.45, 2.75) is 46.5 Å². The third-order valence-corrected chi connectivity index (χ3v) is 9.12. The Bertz CT molecular complexity index is 2380. The van der Waals surface area contributed by atoms with E-state index in [-0.39, 0.29) is 11.8 Å². The zero-order chi connectivity index (χ0) is 29.6. The van der Waals surface area contributed by atoms with Gasteiger partial charge in [0, 0.05) is 32.7 Å². The number of furan rings is 2. The van der Waals surface area contributed by atoms with E-state index in [1.807, 2.05) is 6.07 Å². The molecule has 0 saturated carbocycles. The van der Waals surface area contributed by atoms with E-state index in [0.29, 0.717) is 0 Å². The molecule has 0 aliphatic rings. The zero-order valence-electron chi connectivity index (χ0n) is 25.5. The summed E-state index contributed by atoms with van der Waals surface area (Å²) >= 11 is 0. The summed E-state index contributed by atoms with van der Waals surface area (Å²) in [7, 11) is 2.18. The minimum atomic E-state index is 0.221. The molecule has 8 aromatic rings. The SMILES string of the molecule is Cc1ccc2c(oc3ccccc32)c1-c1n(-c2c(C(C)C)cc3c(oc4ccccc43)c2C(C)C)c2ccccc2[n+]1C. The molecule has 0 atom stereocenters. The third-order valence-electron chi connectivity index (χ3n) is 9.12. The lowest BCUT2D eigenvalue weighted by Crippen LogP contribution is -2.30. The summed E-state index contributed by atoms with van der Waals surface area (Å²) in [4.78, 5) is 0. The molecule has 0 N–H and O–H groups in total. The van der Waals surface area contributed by atoms with Crippen LogP contribution in [-0.2, 0) is 7.05 Å². The average molecular weight is 564 g/mol. The summed E-state index contributed by atoms with van der Waals surface area (Å²) in [5.41, 5.74) is 12.1. The van der Waals surface area contributed by atoms with Crippen molar-refractivity contribution >= 4 is 54.9 Å². The number of aromatic nitrogens is 2. The lowest BCUT2D eigenvalue weighted by atomic mass is 9.89. The Balaban J connectivity index is 1.60. The Hall–Kier alpha value is -4.83. The standard InChI is InChI=1S/C39H35N2O2/c1-22(2)28-21-29-26-14-8-12-18-33(26)43-38(29)34(23(3)4)36(28)41-31-16-10-9-15-30(31)40(6)39(41)35-24(5)19-20-27-25-13-7-11-17-32(25)42-37(27)35/h7-23H,1-6H3/q+1. The number of benzene rings is 5. The first-order chi connectivity index (χ1) is 20.8. The normalized spacial score (nSPS) is 12.4. The van der Waals surface area contributed by atoms with Crippen LogP contribution in [0.2, 0.25) is 0 Å². The van der Waals surface area contributed by atoms with Crippen molar-refractivity contribution in [3.8, 4) is 17.1 Å². The van der Waals surface area contributed by atoms with Gasteiger partial charge in [0.2, 0.25) is 0 Å². The van der Waals surface area contributed by atoms with Crippen LogP contribution in [0.15, 0.2) is 99.8 Å². The average Bonchev–Trinajstić information content (AvgIpc) is 3.65. The van der Waals surface area contributed by atoms with Crippen LogP contribution in [0.1, 0.15) is 56.2 Å². The van der Waals surface area contributed by atoms with E-state index in [2.05, 4.69) is 136 Å². The van der Waals surface area contributed by atoms with Crippen molar-refractivity contribution in [3.63, 3.8) is 0 Å². The molecule has 0 amide bonds. The quantitative estimate of drug-likeness (QED) is 0.200. The molecule has 8 rings (SSSR count). The van der Waals surface area contributed by atoms with Gasteiger partial charge in [-0.05, 0) is 54.7 Å². The maximum Gasteiger partial charge on any atom is 0.299 e. The second-order valence-corrected chi connectivity index (χ2v) is 12.5. The van der Waals surface area contributed by atoms with Crippen LogP contribution >= 0.6 is 0 Å². The van der Waals surface area contributed by atoms with Gasteiger partial charge in [-0.1, -0.05) is 88.4 Å². The highest BCUT2D eigenvalue weighted by Crippen LogP contribution is 2.45. The third kappa shape index (κ3) is 3.59. The largest absolute Gasteiger partial charge is 0.456 e. The van der Waals surface area contributed by atoms with Gasteiger partial charge in [-0.3, -0.25) is 0 Å². The maximum absolute atomic E-state index is 6.70. The maximum atomic E-state index is 6.70. The summed E-state index contributed by atoms with van der Waals surface area (Å²) in [5, 5.41) is 4.62. The Morgan fingerprint density at radius 2 is 1.28 bits per heavy atom. The molecule has 0 spiro atoms. The molecule has 0 saturated heterocycles. The van der Waals surface area contributed by atoms with E-state index in [9.17, 15) is 0 Å². The van der Waals surface area contributed by atoms with Gasteiger partial charge in [0.15, 0.2) is 16.6 Å². The van der Waals surface area contributed by atoms with Crippen molar-refractivity contribution in [2.75, 3.05) is 0 Å². The number of hydrogen-bond acceptors (Lipinski definition) is 2. The molecule has 0 aliphatic heterocycles. The predicted octanol–water partition coefficient (Wildman–Crippen LogP) is 10.5. The van der Waals surface area contributed by atoms with E-state index < -0.39 is 0 Å². The summed E-state index contributed by atoms with van der Waals surface area (Å²) in [5.74, 6) is 1.61. The fourth-order valence-electron chi connectivity index (χ4n) is 7.11. The molecule has 3 aromatic heterocycles. The highest BCUT2D eigenvalue weighted by Gasteiger charge is 2.35. The topological polar surface area (TPSA) is 35.1 Å². The summed E-state index contributed by atoms with van der Waals surface area (Å²) in [6, 6.07) is 32.3. The first-order valence-electron chi connectivity index (χ1n) is 15.2. The molecule has 4 nitrogen and oxygen atoms in total. The Labute approximate surface area is 250 Å². The molecule has 5 aromatic carbocycles. The van der Waals surface area contributed by atoms with Crippen molar-refractivity contribution in [1.29, 1.82) is 0 Å². The van der Waals surface area contributed by atoms with Gasteiger partial charge in [0.25, 0.3) is 5.82 Å². The fraction of sp³-hybridized carbons (Fsp3) is 0.205. The molecule has 212 valence electrons. The Morgan fingerprint density at radius 1 is 0.651 bits per heavy atom. The minimum absolute atomic E-state index is 0.221. The highest BCUT2D eigenvalue weighted by molar-refractivity contribution is 6.10. The van der Waals surface area contributed by atoms with Gasteiger partial charge in [-0.15, -0.1) is 0 Å². The minimum Gasteiger partial charge on any atom is -0.456 e. The lowest BCUT2D eigenvalue weighted by Gasteiger charge is -2.19. The Kier molecular flexibility index (Phi) is 5.61. The van der Waals surface area contributed by atoms with Crippen LogP contribution < -0.4 is 4.57 Å². The molecule has 0 bridgehead atoms. The lowest BCUT2D eigenvalue weighted by molar-refractivity contribution is -0.633. The molecule has 3 heterocycles. The fourth-order valence-corrected chi connectivity index (χ4v) is 7.11. The van der Waals surface area contributed by atoms with Gasteiger partial charge in [0.1, 0.15) is 28.0 Å². The van der Waals surface area contributed by atoms with Gasteiger partial charge >= 0.3 is 0 Å². The predicted molar refractivity (Wildman–Crippen MR) is 177 cm³/mol. The summed E-state index contributed by atoms with van der Waals surface area (Å²) < 4.78 is 18.2. The van der Waals surface area contributed by atoms with Gasteiger partial charge < -0.3 is 8.83 Å². The van der Waals surface area contributed by atoms with Crippen LogP contribution in [0.25, 0.3) is 72.0 Å². The molecule has 0 aliphatic carbocycles. The summed E-state index contributed by atoms with van der Waals surface area (Å²) in [6.07, 6.45) is 0. The van der Waals surface area contributed by atoms with Gasteiger partial charge in [0.05, 0.1) is 7.05 Å². The van der Waals surface area contributed by atoms with Gasteiger partial charge in [-0.25, -0.2) is 4.57 Å². The van der Waals surface area contributed by atoms with Crippen LogP contribution in [0.3, 0.4) is 0 Å². The number of nitrogens with zero attached hydrogens (tertiary/aromatic N) is 2. The number of fused-ring (bicyclic) bond motifs is 7. The number of rotatable bonds is 4. The number of imidazole rings is 1. The van der Waals surface area contributed by atoms with E-state index in [0.717, 1.165) is 50.0 Å². The molecular formula is C39H35N2O2+. The van der Waals surface area contributed by atoms with Crippen LogP contribution in [0, 0.1) is 6.92 Å². The van der Waals surface area contributed by atoms with Gasteiger partial charge in [-0.2, -0.15) is 4.57 Å². The van der Waals surface area contributed by atoms with Crippen LogP contribution in [-0.4, -0.2) is 4.57 Å². The molecule has 43 heavy (non-hydrogen) atoms. The van der Waals surface area contributed by atoms with Crippen LogP contribution in [0.5, 0.6) is 0 Å².